The van der Waals surface area contributed by atoms with Crippen LogP contribution in [0.5, 0.6) is 0 Å². The molecule has 0 heterocycles. The first kappa shape index (κ1) is 11.4. The van der Waals surface area contributed by atoms with Crippen LogP contribution >= 0.6 is 0 Å². The summed E-state index contributed by atoms with van der Waals surface area (Å²) in [6.07, 6.45) is 7.48. The van der Waals surface area contributed by atoms with Crippen molar-refractivity contribution in [1.29, 1.82) is 0 Å². The maximum Gasteiger partial charge on any atom is 0.000525 e. The minimum atomic E-state index is 0.601. The Bertz CT molecular complexity index is 193. The number of hydrogen-bond acceptors (Lipinski definition) is 1. The quantitative estimate of drug-likeness (QED) is 0.750. The van der Waals surface area contributed by atoms with Crippen molar-refractivity contribution in [1.82, 2.24) is 5.32 Å². The van der Waals surface area contributed by atoms with E-state index in [2.05, 4.69) is 26.1 Å². The highest BCUT2D eigenvalue weighted by atomic mass is 14.9. The van der Waals surface area contributed by atoms with E-state index in [-0.39, 0.29) is 0 Å². The van der Waals surface area contributed by atoms with Gasteiger partial charge in [-0.15, -0.1) is 0 Å². The van der Waals surface area contributed by atoms with Gasteiger partial charge in [-0.05, 0) is 61.8 Å². The topological polar surface area (TPSA) is 12.0 Å². The van der Waals surface area contributed by atoms with E-state index in [1.165, 1.54) is 38.6 Å². The van der Waals surface area contributed by atoms with Crippen molar-refractivity contribution in [2.45, 2.75) is 52.9 Å². The van der Waals surface area contributed by atoms with Crippen LogP contribution in [-0.4, -0.2) is 13.1 Å². The summed E-state index contributed by atoms with van der Waals surface area (Å²) in [6.45, 7) is 9.54. The van der Waals surface area contributed by atoms with Crippen LogP contribution in [0.15, 0.2) is 0 Å². The molecule has 88 valence electrons. The fourth-order valence-electron chi connectivity index (χ4n) is 4.28. The van der Waals surface area contributed by atoms with Crippen molar-refractivity contribution in [3.63, 3.8) is 0 Å². The first-order chi connectivity index (χ1) is 7.11. The minimum absolute atomic E-state index is 0.601. The smallest absolute Gasteiger partial charge is 0.000525 e. The fraction of sp³-hybridized carbons (Fsp3) is 1.00. The maximum atomic E-state index is 3.56. The molecule has 2 bridgehead atoms. The molecule has 2 aliphatic carbocycles. The standard InChI is InChI=1S/C14H27N/c1-4-15-10-14(3)8-12-5-11(2)6-13(7-12)9-14/h11-13,15H,4-10H2,1-3H3. The molecule has 0 aromatic heterocycles. The van der Waals surface area contributed by atoms with Crippen molar-refractivity contribution in [2.75, 3.05) is 13.1 Å². The number of rotatable bonds is 3. The summed E-state index contributed by atoms with van der Waals surface area (Å²) in [5.74, 6) is 3.07. The molecule has 2 aliphatic rings. The van der Waals surface area contributed by atoms with E-state index in [1.807, 2.05) is 0 Å². The van der Waals surface area contributed by atoms with E-state index in [9.17, 15) is 0 Å². The second kappa shape index (κ2) is 4.45. The molecule has 2 saturated carbocycles. The summed E-state index contributed by atoms with van der Waals surface area (Å²) >= 11 is 0. The van der Waals surface area contributed by atoms with E-state index in [0.717, 1.165) is 24.3 Å². The summed E-state index contributed by atoms with van der Waals surface area (Å²) in [5.41, 5.74) is 0.601. The Morgan fingerprint density at radius 3 is 2.27 bits per heavy atom. The number of nitrogens with one attached hydrogen (secondary N) is 1. The maximum absolute atomic E-state index is 3.56. The van der Waals surface area contributed by atoms with Gasteiger partial charge in [0, 0.05) is 6.54 Å². The van der Waals surface area contributed by atoms with Crippen molar-refractivity contribution < 1.29 is 0 Å². The average molecular weight is 209 g/mol. The van der Waals surface area contributed by atoms with Crippen molar-refractivity contribution >= 4 is 0 Å². The fourth-order valence-corrected chi connectivity index (χ4v) is 4.28. The van der Waals surface area contributed by atoms with Crippen LogP contribution < -0.4 is 5.32 Å². The minimum Gasteiger partial charge on any atom is -0.316 e. The zero-order chi connectivity index (χ0) is 10.9. The van der Waals surface area contributed by atoms with Crippen LogP contribution in [0, 0.1) is 23.2 Å². The van der Waals surface area contributed by atoms with Gasteiger partial charge in [-0.1, -0.05) is 20.8 Å². The molecule has 1 nitrogen and oxygen atoms in total. The van der Waals surface area contributed by atoms with E-state index in [1.54, 1.807) is 0 Å². The molecule has 1 heteroatoms. The molecule has 1 N–H and O–H groups in total. The highest BCUT2D eigenvalue weighted by Crippen LogP contribution is 2.49. The third-order valence-corrected chi connectivity index (χ3v) is 4.50. The molecule has 0 aromatic rings. The van der Waals surface area contributed by atoms with Crippen molar-refractivity contribution in [3.05, 3.63) is 0 Å². The van der Waals surface area contributed by atoms with Crippen molar-refractivity contribution in [2.24, 2.45) is 23.2 Å². The molecule has 0 spiro atoms. The largest absolute Gasteiger partial charge is 0.316 e. The van der Waals surface area contributed by atoms with Crippen LogP contribution in [0.25, 0.3) is 0 Å². The van der Waals surface area contributed by atoms with Gasteiger partial charge in [-0.3, -0.25) is 0 Å². The Hall–Kier alpha value is -0.0400. The van der Waals surface area contributed by atoms with Gasteiger partial charge in [-0.2, -0.15) is 0 Å². The van der Waals surface area contributed by atoms with Crippen molar-refractivity contribution in [3.8, 4) is 0 Å². The molecular formula is C14H27N. The van der Waals surface area contributed by atoms with Crippen LogP contribution in [0.4, 0.5) is 0 Å². The highest BCUT2D eigenvalue weighted by molar-refractivity contribution is 4.92. The lowest BCUT2D eigenvalue weighted by molar-refractivity contribution is 0.0469. The second-order valence-corrected chi connectivity index (χ2v) is 6.54. The van der Waals surface area contributed by atoms with Gasteiger partial charge in [0.1, 0.15) is 0 Å². The Morgan fingerprint density at radius 1 is 1.13 bits per heavy atom. The Kier molecular flexibility index (Phi) is 3.39. The first-order valence-electron chi connectivity index (χ1n) is 6.82. The molecule has 2 atom stereocenters. The average Bonchev–Trinajstić information content (AvgIpc) is 2.12. The SMILES string of the molecule is CCNCC1(C)CC2CC(C)CC(C2)C1. The molecule has 0 radical (unpaired) electrons. The van der Waals surface area contributed by atoms with E-state index >= 15 is 0 Å². The summed E-state index contributed by atoms with van der Waals surface area (Å²) in [4.78, 5) is 0. The molecule has 15 heavy (non-hydrogen) atoms. The number of fused-ring (bicyclic) bond motifs is 2. The monoisotopic (exact) mass is 209 g/mol. The molecule has 0 saturated heterocycles. The highest BCUT2D eigenvalue weighted by Gasteiger charge is 2.40. The van der Waals surface area contributed by atoms with Crippen LogP contribution in [0.1, 0.15) is 52.9 Å². The van der Waals surface area contributed by atoms with Gasteiger partial charge in [0.25, 0.3) is 0 Å². The Labute approximate surface area is 95.0 Å². The molecule has 0 aliphatic heterocycles. The third kappa shape index (κ3) is 2.75. The van der Waals surface area contributed by atoms with E-state index in [0.29, 0.717) is 5.41 Å². The summed E-state index contributed by atoms with van der Waals surface area (Å²) in [7, 11) is 0. The zero-order valence-electron chi connectivity index (χ0n) is 10.7. The van der Waals surface area contributed by atoms with E-state index in [4.69, 9.17) is 0 Å². The summed E-state index contributed by atoms with van der Waals surface area (Å²) in [6, 6.07) is 0. The lowest BCUT2D eigenvalue weighted by atomic mass is 9.59. The van der Waals surface area contributed by atoms with Crippen LogP contribution in [0.3, 0.4) is 0 Å². The van der Waals surface area contributed by atoms with Gasteiger partial charge in [0.15, 0.2) is 0 Å². The first-order valence-corrected chi connectivity index (χ1v) is 6.82. The van der Waals surface area contributed by atoms with Crippen LogP contribution in [0.2, 0.25) is 0 Å². The summed E-state index contributed by atoms with van der Waals surface area (Å²) in [5, 5.41) is 3.56. The lowest BCUT2D eigenvalue weighted by Gasteiger charge is -2.47. The molecule has 0 aromatic carbocycles. The Morgan fingerprint density at radius 2 is 1.73 bits per heavy atom. The summed E-state index contributed by atoms with van der Waals surface area (Å²) < 4.78 is 0. The van der Waals surface area contributed by atoms with Gasteiger partial charge < -0.3 is 5.32 Å². The molecule has 2 fully saturated rings. The molecule has 2 unspecified atom stereocenters. The van der Waals surface area contributed by atoms with Gasteiger partial charge in [0.2, 0.25) is 0 Å². The molecule has 2 rings (SSSR count). The van der Waals surface area contributed by atoms with Gasteiger partial charge in [-0.25, -0.2) is 0 Å². The number of hydrogen-bond donors (Lipinski definition) is 1. The van der Waals surface area contributed by atoms with E-state index < -0.39 is 0 Å². The normalized spacial score (nSPS) is 45.4. The Balaban J connectivity index is 1.94. The molecular weight excluding hydrogens is 182 g/mol. The van der Waals surface area contributed by atoms with Crippen LogP contribution in [-0.2, 0) is 0 Å². The predicted octanol–water partition coefficient (Wildman–Crippen LogP) is 3.45. The lowest BCUT2D eigenvalue weighted by Crippen LogP contribution is -2.41. The van der Waals surface area contributed by atoms with Gasteiger partial charge in [0.05, 0.1) is 0 Å². The predicted molar refractivity (Wildman–Crippen MR) is 65.9 cm³/mol. The zero-order valence-corrected chi connectivity index (χ0v) is 10.7. The van der Waals surface area contributed by atoms with Gasteiger partial charge >= 0.3 is 0 Å². The second-order valence-electron chi connectivity index (χ2n) is 6.54. The molecule has 0 amide bonds. The third-order valence-electron chi connectivity index (χ3n) is 4.50.